The molecule has 1 aromatic carbocycles. The van der Waals surface area contributed by atoms with Crippen LogP contribution in [0.4, 0.5) is 0 Å². The lowest BCUT2D eigenvalue weighted by atomic mass is 10.1. The van der Waals surface area contributed by atoms with Crippen LogP contribution in [-0.2, 0) is 11.2 Å². The van der Waals surface area contributed by atoms with Gasteiger partial charge in [-0.15, -0.1) is 0 Å². The van der Waals surface area contributed by atoms with E-state index in [1.165, 1.54) is 0 Å². The van der Waals surface area contributed by atoms with Gasteiger partial charge in [0.2, 0.25) is 5.91 Å². The van der Waals surface area contributed by atoms with E-state index in [1.54, 1.807) is 19.1 Å². The fourth-order valence-electron chi connectivity index (χ4n) is 1.62. The van der Waals surface area contributed by atoms with Crippen molar-refractivity contribution in [2.75, 3.05) is 20.7 Å². The number of nitrogens with zero attached hydrogens (tertiary/aromatic N) is 1. The van der Waals surface area contributed by atoms with Gasteiger partial charge in [0.25, 0.3) is 0 Å². The molecule has 0 heterocycles. The van der Waals surface area contributed by atoms with Crippen LogP contribution >= 0.6 is 0 Å². The number of nitrogens with two attached hydrogens (primary N) is 1. The van der Waals surface area contributed by atoms with Gasteiger partial charge in [-0.2, -0.15) is 0 Å². The van der Waals surface area contributed by atoms with E-state index in [1.807, 2.05) is 31.2 Å². The molecule has 0 aliphatic rings. The van der Waals surface area contributed by atoms with E-state index in [0.717, 1.165) is 17.7 Å². The van der Waals surface area contributed by atoms with E-state index < -0.39 is 0 Å². The van der Waals surface area contributed by atoms with Gasteiger partial charge < -0.3 is 15.4 Å². The Morgan fingerprint density at radius 2 is 2.00 bits per heavy atom. The SMILES string of the molecule is COc1ccc(CCC(=O)N(C)C(C)CN)cc1. The quantitative estimate of drug-likeness (QED) is 0.831. The van der Waals surface area contributed by atoms with Crippen molar-refractivity contribution in [3.05, 3.63) is 29.8 Å². The minimum absolute atomic E-state index is 0.0911. The molecule has 0 saturated heterocycles. The molecule has 1 aromatic rings. The number of carbonyl (C=O) groups excluding carboxylic acids is 1. The number of rotatable bonds is 6. The Kier molecular flexibility index (Phi) is 5.65. The second-order valence-electron chi connectivity index (χ2n) is 4.44. The van der Waals surface area contributed by atoms with Crippen molar-refractivity contribution in [1.82, 2.24) is 4.90 Å². The van der Waals surface area contributed by atoms with Crippen LogP contribution in [0.25, 0.3) is 0 Å². The molecule has 0 spiro atoms. The molecule has 0 saturated carbocycles. The summed E-state index contributed by atoms with van der Waals surface area (Å²) in [4.78, 5) is 13.6. The molecule has 18 heavy (non-hydrogen) atoms. The van der Waals surface area contributed by atoms with Gasteiger partial charge in [0.05, 0.1) is 7.11 Å². The van der Waals surface area contributed by atoms with Gasteiger partial charge in [-0.1, -0.05) is 12.1 Å². The number of likely N-dealkylation sites (N-methyl/N-ethyl adjacent to an activating group) is 1. The molecule has 100 valence electrons. The van der Waals surface area contributed by atoms with Crippen molar-refractivity contribution in [2.45, 2.75) is 25.8 Å². The largest absolute Gasteiger partial charge is 0.497 e. The first kappa shape index (κ1) is 14.5. The average Bonchev–Trinajstić information content (AvgIpc) is 2.43. The third kappa shape index (κ3) is 4.04. The van der Waals surface area contributed by atoms with Crippen LogP contribution in [0.15, 0.2) is 24.3 Å². The maximum Gasteiger partial charge on any atom is 0.222 e. The summed E-state index contributed by atoms with van der Waals surface area (Å²) >= 11 is 0. The van der Waals surface area contributed by atoms with Crippen molar-refractivity contribution >= 4 is 5.91 Å². The van der Waals surface area contributed by atoms with Crippen LogP contribution in [-0.4, -0.2) is 37.6 Å². The molecule has 4 nitrogen and oxygen atoms in total. The Hall–Kier alpha value is -1.55. The lowest BCUT2D eigenvalue weighted by Crippen LogP contribution is -2.39. The fourth-order valence-corrected chi connectivity index (χ4v) is 1.62. The number of methoxy groups -OCH3 is 1. The summed E-state index contributed by atoms with van der Waals surface area (Å²) in [5, 5.41) is 0. The second kappa shape index (κ2) is 7.01. The summed E-state index contributed by atoms with van der Waals surface area (Å²) in [5.74, 6) is 0.961. The Bertz CT molecular complexity index is 376. The molecular formula is C14H22N2O2. The number of amides is 1. The molecule has 4 heteroatoms. The normalized spacial score (nSPS) is 12.0. The van der Waals surface area contributed by atoms with Crippen molar-refractivity contribution in [2.24, 2.45) is 5.73 Å². The summed E-state index contributed by atoms with van der Waals surface area (Å²) in [5.41, 5.74) is 6.68. The van der Waals surface area contributed by atoms with Crippen LogP contribution in [0.3, 0.4) is 0 Å². The standard InChI is InChI=1S/C14H22N2O2/c1-11(10-15)16(2)14(17)9-6-12-4-7-13(18-3)8-5-12/h4-5,7-8,11H,6,9-10,15H2,1-3H3. The van der Waals surface area contributed by atoms with Gasteiger partial charge in [0.15, 0.2) is 0 Å². The Morgan fingerprint density at radius 1 is 1.39 bits per heavy atom. The molecular weight excluding hydrogens is 228 g/mol. The molecule has 1 amide bonds. The molecule has 1 rings (SSSR count). The van der Waals surface area contributed by atoms with Crippen molar-refractivity contribution in [3.63, 3.8) is 0 Å². The molecule has 0 radical (unpaired) electrons. The van der Waals surface area contributed by atoms with Gasteiger partial charge in [0.1, 0.15) is 5.75 Å². The number of ether oxygens (including phenoxy) is 1. The number of aryl methyl sites for hydroxylation is 1. The van der Waals surface area contributed by atoms with Gasteiger partial charge in [0, 0.05) is 26.1 Å². The predicted octanol–water partition coefficient (Wildman–Crippen LogP) is 1.43. The highest BCUT2D eigenvalue weighted by atomic mass is 16.5. The highest BCUT2D eigenvalue weighted by Gasteiger charge is 2.13. The van der Waals surface area contributed by atoms with E-state index in [0.29, 0.717) is 13.0 Å². The zero-order valence-corrected chi connectivity index (χ0v) is 11.3. The summed E-state index contributed by atoms with van der Waals surface area (Å²) in [6.45, 7) is 2.44. The van der Waals surface area contributed by atoms with E-state index in [-0.39, 0.29) is 11.9 Å². The van der Waals surface area contributed by atoms with Crippen molar-refractivity contribution in [1.29, 1.82) is 0 Å². The molecule has 0 fully saturated rings. The van der Waals surface area contributed by atoms with Crippen LogP contribution < -0.4 is 10.5 Å². The first-order valence-corrected chi connectivity index (χ1v) is 6.17. The fraction of sp³-hybridized carbons (Fsp3) is 0.500. The van der Waals surface area contributed by atoms with Gasteiger partial charge in [-0.3, -0.25) is 4.79 Å². The van der Waals surface area contributed by atoms with Crippen LogP contribution in [0.2, 0.25) is 0 Å². The lowest BCUT2D eigenvalue weighted by Gasteiger charge is -2.23. The monoisotopic (exact) mass is 250 g/mol. The van der Waals surface area contributed by atoms with Crippen LogP contribution in [0, 0.1) is 0 Å². The van der Waals surface area contributed by atoms with Gasteiger partial charge in [-0.25, -0.2) is 0 Å². The first-order valence-electron chi connectivity index (χ1n) is 6.17. The highest BCUT2D eigenvalue weighted by molar-refractivity contribution is 5.76. The summed E-state index contributed by atoms with van der Waals surface area (Å²) < 4.78 is 5.09. The average molecular weight is 250 g/mol. The lowest BCUT2D eigenvalue weighted by molar-refractivity contribution is -0.131. The van der Waals surface area contributed by atoms with Crippen LogP contribution in [0.1, 0.15) is 18.9 Å². The molecule has 1 atom stereocenters. The van der Waals surface area contributed by atoms with Gasteiger partial charge in [-0.05, 0) is 31.0 Å². The molecule has 0 aliphatic heterocycles. The Labute approximate surface area is 109 Å². The number of carbonyl (C=O) groups is 1. The third-order valence-corrected chi connectivity index (χ3v) is 3.18. The number of hydrogen-bond donors (Lipinski definition) is 1. The van der Waals surface area contributed by atoms with E-state index in [9.17, 15) is 4.79 Å². The highest BCUT2D eigenvalue weighted by Crippen LogP contribution is 2.13. The molecule has 0 aliphatic carbocycles. The molecule has 1 unspecified atom stereocenters. The first-order chi connectivity index (χ1) is 8.58. The van der Waals surface area contributed by atoms with Crippen molar-refractivity contribution < 1.29 is 9.53 Å². The van der Waals surface area contributed by atoms with E-state index in [2.05, 4.69) is 0 Å². The molecule has 0 aromatic heterocycles. The number of hydrogen-bond acceptors (Lipinski definition) is 3. The minimum Gasteiger partial charge on any atom is -0.497 e. The summed E-state index contributed by atoms with van der Waals surface area (Å²) in [6, 6.07) is 7.88. The number of benzene rings is 1. The molecule has 0 bridgehead atoms. The maximum absolute atomic E-state index is 11.9. The van der Waals surface area contributed by atoms with E-state index >= 15 is 0 Å². The zero-order chi connectivity index (χ0) is 13.5. The maximum atomic E-state index is 11.9. The second-order valence-corrected chi connectivity index (χ2v) is 4.44. The smallest absolute Gasteiger partial charge is 0.222 e. The molecule has 2 N–H and O–H groups in total. The predicted molar refractivity (Wildman–Crippen MR) is 72.6 cm³/mol. The Morgan fingerprint density at radius 3 is 2.50 bits per heavy atom. The Balaban J connectivity index is 2.46. The summed E-state index contributed by atoms with van der Waals surface area (Å²) in [6.07, 6.45) is 1.25. The van der Waals surface area contributed by atoms with Crippen molar-refractivity contribution in [3.8, 4) is 5.75 Å². The van der Waals surface area contributed by atoms with Crippen LogP contribution in [0.5, 0.6) is 5.75 Å². The van der Waals surface area contributed by atoms with E-state index in [4.69, 9.17) is 10.5 Å². The third-order valence-electron chi connectivity index (χ3n) is 3.18. The van der Waals surface area contributed by atoms with Gasteiger partial charge >= 0.3 is 0 Å². The minimum atomic E-state index is 0.0911. The zero-order valence-electron chi connectivity index (χ0n) is 11.3. The topological polar surface area (TPSA) is 55.6 Å². The summed E-state index contributed by atoms with van der Waals surface area (Å²) in [7, 11) is 3.44.